The average molecular weight is 449 g/mol. The molecule has 0 spiro atoms. The second-order valence-electron chi connectivity index (χ2n) is 8.55. The standard InChI is InChI=1S/C24H25FN6O2/c1-30-11-7-24(33,8-12-30)23(32)20-5-3-16-15-26-22(14-21(16)28-20)29-19-6-4-17(13-18(19)25)31-10-2-9-27-31/h2-6,9-10,13-15,23,32-33H,7-8,11-12H2,1H3,(H,26,29). The SMILES string of the molecule is CN1CCC(O)(C(O)c2ccc3cnc(Nc4ccc(-n5cccn5)cc4F)cc3n2)CC1. The summed E-state index contributed by atoms with van der Waals surface area (Å²) in [5.41, 5.74) is 0.674. The Labute approximate surface area is 190 Å². The third-order valence-corrected chi connectivity index (χ3v) is 6.22. The van der Waals surface area contributed by atoms with Gasteiger partial charge in [0.25, 0.3) is 0 Å². The maximum atomic E-state index is 14.7. The second kappa shape index (κ2) is 8.51. The summed E-state index contributed by atoms with van der Waals surface area (Å²) >= 11 is 0. The van der Waals surface area contributed by atoms with Crippen molar-refractivity contribution in [2.24, 2.45) is 0 Å². The number of hydrogen-bond acceptors (Lipinski definition) is 7. The number of benzene rings is 1. The molecule has 3 aromatic heterocycles. The molecule has 5 rings (SSSR count). The number of likely N-dealkylation sites (tertiary alicyclic amines) is 1. The summed E-state index contributed by atoms with van der Waals surface area (Å²) in [7, 11) is 2.00. The van der Waals surface area contributed by atoms with E-state index < -0.39 is 17.5 Å². The Morgan fingerprint density at radius 2 is 1.97 bits per heavy atom. The smallest absolute Gasteiger partial charge is 0.148 e. The zero-order valence-corrected chi connectivity index (χ0v) is 18.2. The van der Waals surface area contributed by atoms with Crippen LogP contribution in [0.4, 0.5) is 15.9 Å². The van der Waals surface area contributed by atoms with Crippen LogP contribution in [0, 0.1) is 5.82 Å². The first kappa shape index (κ1) is 21.4. The number of nitrogens with zero attached hydrogens (tertiary/aromatic N) is 5. The highest BCUT2D eigenvalue weighted by molar-refractivity contribution is 5.81. The molecule has 1 saturated heterocycles. The molecular formula is C24H25FN6O2. The van der Waals surface area contributed by atoms with Crippen molar-refractivity contribution >= 4 is 22.4 Å². The van der Waals surface area contributed by atoms with Gasteiger partial charge in [0.05, 0.1) is 28.2 Å². The Morgan fingerprint density at radius 3 is 2.70 bits per heavy atom. The molecule has 1 atom stereocenters. The maximum Gasteiger partial charge on any atom is 0.148 e. The Morgan fingerprint density at radius 1 is 1.15 bits per heavy atom. The fourth-order valence-corrected chi connectivity index (χ4v) is 4.11. The normalized spacial score (nSPS) is 17.2. The van der Waals surface area contributed by atoms with Crippen molar-refractivity contribution < 1.29 is 14.6 Å². The van der Waals surface area contributed by atoms with Gasteiger partial charge < -0.3 is 20.4 Å². The number of aliphatic hydroxyl groups excluding tert-OH is 1. The fraction of sp³-hybridized carbons (Fsp3) is 0.292. The summed E-state index contributed by atoms with van der Waals surface area (Å²) < 4.78 is 16.3. The molecule has 8 nitrogen and oxygen atoms in total. The van der Waals surface area contributed by atoms with Gasteiger partial charge in [-0.05, 0) is 50.2 Å². The largest absolute Gasteiger partial charge is 0.387 e. The van der Waals surface area contributed by atoms with Crippen molar-refractivity contribution in [3.63, 3.8) is 0 Å². The number of fused-ring (bicyclic) bond motifs is 1. The van der Waals surface area contributed by atoms with Gasteiger partial charge in [-0.15, -0.1) is 0 Å². The van der Waals surface area contributed by atoms with E-state index in [1.165, 1.54) is 6.07 Å². The van der Waals surface area contributed by atoms with Crippen molar-refractivity contribution in [2.75, 3.05) is 25.5 Å². The van der Waals surface area contributed by atoms with E-state index in [4.69, 9.17) is 0 Å². The molecule has 0 bridgehead atoms. The Hall–Kier alpha value is -3.40. The second-order valence-corrected chi connectivity index (χ2v) is 8.55. The van der Waals surface area contributed by atoms with E-state index >= 15 is 0 Å². The number of halogens is 1. The molecule has 0 amide bonds. The van der Waals surface area contributed by atoms with Crippen molar-refractivity contribution in [2.45, 2.75) is 24.5 Å². The van der Waals surface area contributed by atoms with Gasteiger partial charge in [-0.3, -0.25) is 0 Å². The summed E-state index contributed by atoms with van der Waals surface area (Å²) in [4.78, 5) is 11.1. The van der Waals surface area contributed by atoms with Crippen LogP contribution < -0.4 is 5.32 Å². The molecule has 1 aliphatic rings. The monoisotopic (exact) mass is 448 g/mol. The van der Waals surface area contributed by atoms with Crippen molar-refractivity contribution in [1.82, 2.24) is 24.6 Å². The lowest BCUT2D eigenvalue weighted by atomic mass is 9.84. The van der Waals surface area contributed by atoms with Gasteiger partial charge in [0, 0.05) is 49.2 Å². The number of hydrogen-bond donors (Lipinski definition) is 3. The van der Waals surface area contributed by atoms with Gasteiger partial charge in [0.15, 0.2) is 0 Å². The molecule has 1 aliphatic heterocycles. The van der Waals surface area contributed by atoms with E-state index in [9.17, 15) is 14.6 Å². The van der Waals surface area contributed by atoms with E-state index in [-0.39, 0.29) is 5.69 Å². The van der Waals surface area contributed by atoms with Gasteiger partial charge in [0.1, 0.15) is 17.7 Å². The zero-order chi connectivity index (χ0) is 23.0. The average Bonchev–Trinajstić information content (AvgIpc) is 3.36. The summed E-state index contributed by atoms with van der Waals surface area (Å²) in [6.45, 7) is 1.42. The highest BCUT2D eigenvalue weighted by Crippen LogP contribution is 2.34. The minimum atomic E-state index is -1.21. The lowest BCUT2D eigenvalue weighted by Gasteiger charge is -2.39. The predicted octanol–water partition coefficient (Wildman–Crippen LogP) is 3.19. The number of pyridine rings is 2. The summed E-state index contributed by atoms with van der Waals surface area (Å²) in [6, 6.07) is 11.8. The summed E-state index contributed by atoms with van der Waals surface area (Å²) in [5, 5.41) is 29.7. The number of rotatable bonds is 5. The highest BCUT2D eigenvalue weighted by atomic mass is 19.1. The highest BCUT2D eigenvalue weighted by Gasteiger charge is 2.39. The lowest BCUT2D eigenvalue weighted by molar-refractivity contribution is -0.110. The van der Waals surface area contributed by atoms with Crippen LogP contribution in [-0.4, -0.2) is 60.6 Å². The van der Waals surface area contributed by atoms with Crippen LogP contribution >= 0.6 is 0 Å². The van der Waals surface area contributed by atoms with Crippen LogP contribution in [0.3, 0.4) is 0 Å². The topological polar surface area (TPSA) is 99.3 Å². The van der Waals surface area contributed by atoms with Crippen LogP contribution in [0.2, 0.25) is 0 Å². The van der Waals surface area contributed by atoms with Crippen LogP contribution in [0.1, 0.15) is 24.6 Å². The first-order chi connectivity index (χ1) is 15.9. The number of nitrogens with one attached hydrogen (secondary N) is 1. The summed E-state index contributed by atoms with van der Waals surface area (Å²) in [5.74, 6) is -0.0168. The van der Waals surface area contributed by atoms with Crippen molar-refractivity contribution in [3.05, 3.63) is 72.6 Å². The van der Waals surface area contributed by atoms with Gasteiger partial charge in [-0.25, -0.2) is 19.0 Å². The van der Waals surface area contributed by atoms with Gasteiger partial charge >= 0.3 is 0 Å². The van der Waals surface area contributed by atoms with E-state index in [0.717, 1.165) is 5.39 Å². The first-order valence-electron chi connectivity index (χ1n) is 10.8. The van der Waals surface area contributed by atoms with E-state index in [0.29, 0.717) is 48.6 Å². The Kier molecular flexibility index (Phi) is 5.53. The minimum absolute atomic E-state index is 0.273. The molecular weight excluding hydrogens is 423 g/mol. The molecule has 3 N–H and O–H groups in total. The van der Waals surface area contributed by atoms with Crippen molar-refractivity contribution in [3.8, 4) is 5.69 Å². The molecule has 1 aromatic carbocycles. The predicted molar refractivity (Wildman–Crippen MR) is 123 cm³/mol. The molecule has 0 aliphatic carbocycles. The van der Waals surface area contributed by atoms with Crippen LogP contribution in [0.15, 0.2) is 61.1 Å². The fourth-order valence-electron chi connectivity index (χ4n) is 4.11. The molecule has 1 unspecified atom stereocenters. The van der Waals surface area contributed by atoms with Crippen LogP contribution in [0.5, 0.6) is 0 Å². The lowest BCUT2D eigenvalue weighted by Crippen LogP contribution is -2.46. The molecule has 4 heterocycles. The molecule has 170 valence electrons. The maximum absolute atomic E-state index is 14.7. The van der Waals surface area contributed by atoms with Crippen molar-refractivity contribution in [1.29, 1.82) is 0 Å². The first-order valence-corrected chi connectivity index (χ1v) is 10.8. The third-order valence-electron chi connectivity index (χ3n) is 6.22. The zero-order valence-electron chi connectivity index (χ0n) is 18.2. The van der Waals surface area contributed by atoms with E-state index in [1.54, 1.807) is 53.6 Å². The molecule has 0 radical (unpaired) electrons. The van der Waals surface area contributed by atoms with E-state index in [2.05, 4.69) is 25.3 Å². The summed E-state index contributed by atoms with van der Waals surface area (Å²) in [6.07, 6.45) is 4.87. The number of aromatic nitrogens is 4. The number of aliphatic hydroxyl groups is 2. The molecule has 9 heteroatoms. The van der Waals surface area contributed by atoms with Crippen LogP contribution in [-0.2, 0) is 0 Å². The molecule has 4 aromatic rings. The minimum Gasteiger partial charge on any atom is -0.387 e. The van der Waals surface area contributed by atoms with Gasteiger partial charge in [-0.2, -0.15) is 5.10 Å². The molecule has 0 saturated carbocycles. The third kappa shape index (κ3) is 4.30. The quantitative estimate of drug-likeness (QED) is 0.431. The van der Waals surface area contributed by atoms with Gasteiger partial charge in [0.2, 0.25) is 0 Å². The molecule has 1 fully saturated rings. The Bertz CT molecular complexity index is 1270. The number of anilines is 2. The Balaban J connectivity index is 1.39. The number of piperidine rings is 1. The van der Waals surface area contributed by atoms with Crippen LogP contribution in [0.25, 0.3) is 16.6 Å². The van der Waals surface area contributed by atoms with Gasteiger partial charge in [-0.1, -0.05) is 0 Å². The van der Waals surface area contributed by atoms with E-state index in [1.807, 2.05) is 13.1 Å². The molecule has 33 heavy (non-hydrogen) atoms.